The average Bonchev–Trinajstić information content (AvgIpc) is 2.76. The molecule has 4 heteroatoms. The van der Waals surface area contributed by atoms with Crippen LogP contribution in [-0.4, -0.2) is 15.7 Å². The third-order valence-electron chi connectivity index (χ3n) is 3.71. The van der Waals surface area contributed by atoms with E-state index in [1.165, 1.54) is 37.1 Å². The fraction of sp³-hybridized carbons (Fsp3) is 0.857. The first-order valence-corrected chi connectivity index (χ1v) is 7.79. The summed E-state index contributed by atoms with van der Waals surface area (Å²) >= 11 is 1.79. The number of nitrogens with one attached hydrogen (secondary N) is 1. The minimum absolute atomic E-state index is 0.139. The van der Waals surface area contributed by atoms with Crippen LogP contribution in [0.2, 0.25) is 0 Å². The van der Waals surface area contributed by atoms with Crippen LogP contribution in [0, 0.1) is 0 Å². The molecule has 0 unspecified atom stereocenters. The van der Waals surface area contributed by atoms with Gasteiger partial charge in [0.2, 0.25) is 0 Å². The molecule has 1 fully saturated rings. The van der Waals surface area contributed by atoms with Crippen LogP contribution in [0.15, 0.2) is 0 Å². The zero-order valence-electron chi connectivity index (χ0n) is 12.0. The fourth-order valence-corrected chi connectivity index (χ4v) is 3.44. The second kappa shape index (κ2) is 5.25. The van der Waals surface area contributed by atoms with Gasteiger partial charge in [-0.15, -0.1) is 10.2 Å². The Balaban J connectivity index is 2.01. The van der Waals surface area contributed by atoms with Crippen LogP contribution in [0.1, 0.15) is 69.8 Å². The lowest BCUT2D eigenvalue weighted by atomic mass is 9.76. The highest BCUT2D eigenvalue weighted by Gasteiger charge is 2.32. The average molecular weight is 267 g/mol. The summed E-state index contributed by atoms with van der Waals surface area (Å²) in [5.41, 5.74) is 0.427. The third-order valence-corrected chi connectivity index (χ3v) is 4.94. The van der Waals surface area contributed by atoms with Crippen molar-refractivity contribution in [1.29, 1.82) is 0 Å². The van der Waals surface area contributed by atoms with Crippen LogP contribution >= 0.6 is 11.3 Å². The molecular formula is C14H25N3S. The summed E-state index contributed by atoms with van der Waals surface area (Å²) in [7, 11) is 0. The second-order valence-corrected chi connectivity index (χ2v) is 7.79. The van der Waals surface area contributed by atoms with Crippen LogP contribution in [0.4, 0.5) is 0 Å². The van der Waals surface area contributed by atoms with E-state index in [1.54, 1.807) is 11.3 Å². The van der Waals surface area contributed by atoms with Gasteiger partial charge in [-0.3, -0.25) is 0 Å². The Morgan fingerprint density at radius 3 is 2.44 bits per heavy atom. The van der Waals surface area contributed by atoms with Crippen molar-refractivity contribution in [2.24, 2.45) is 0 Å². The molecule has 0 radical (unpaired) electrons. The lowest BCUT2D eigenvalue weighted by Crippen LogP contribution is -2.35. The highest BCUT2D eigenvalue weighted by Crippen LogP contribution is 2.40. The third kappa shape index (κ3) is 3.51. The smallest absolute Gasteiger partial charge is 0.131 e. The van der Waals surface area contributed by atoms with Gasteiger partial charge in [-0.2, -0.15) is 0 Å². The van der Waals surface area contributed by atoms with E-state index in [9.17, 15) is 0 Å². The number of aromatic nitrogens is 2. The monoisotopic (exact) mass is 267 g/mol. The summed E-state index contributed by atoms with van der Waals surface area (Å²) in [6.07, 6.45) is 6.60. The van der Waals surface area contributed by atoms with Crippen molar-refractivity contribution in [1.82, 2.24) is 15.5 Å². The zero-order chi connectivity index (χ0) is 13.2. The van der Waals surface area contributed by atoms with E-state index in [0.29, 0.717) is 0 Å². The van der Waals surface area contributed by atoms with Crippen molar-refractivity contribution >= 4 is 11.3 Å². The first kappa shape index (κ1) is 13.9. The molecule has 1 saturated carbocycles. The molecule has 2 rings (SSSR count). The molecule has 1 aliphatic carbocycles. The molecule has 1 aromatic heterocycles. The molecule has 0 atom stereocenters. The maximum Gasteiger partial charge on any atom is 0.131 e. The topological polar surface area (TPSA) is 37.8 Å². The number of nitrogens with zero attached hydrogens (tertiary/aromatic N) is 2. The Labute approximate surface area is 114 Å². The molecule has 1 heterocycles. The van der Waals surface area contributed by atoms with Crippen LogP contribution in [0.3, 0.4) is 0 Å². The normalized spacial score (nSPS) is 20.0. The molecule has 0 saturated heterocycles. The van der Waals surface area contributed by atoms with Crippen molar-refractivity contribution < 1.29 is 0 Å². The molecule has 0 bridgehead atoms. The van der Waals surface area contributed by atoms with Gasteiger partial charge in [0.15, 0.2) is 0 Å². The number of hydrogen-bond donors (Lipinski definition) is 1. The Hall–Kier alpha value is -0.480. The molecule has 1 aromatic rings. The first-order valence-electron chi connectivity index (χ1n) is 6.97. The maximum atomic E-state index is 4.44. The Morgan fingerprint density at radius 1 is 1.17 bits per heavy atom. The maximum absolute atomic E-state index is 4.44. The van der Waals surface area contributed by atoms with Crippen LogP contribution in [-0.2, 0) is 12.0 Å². The van der Waals surface area contributed by atoms with Crippen molar-refractivity contribution in [3.63, 3.8) is 0 Å². The summed E-state index contributed by atoms with van der Waals surface area (Å²) in [5.74, 6) is 0. The van der Waals surface area contributed by atoms with Gasteiger partial charge in [0, 0.05) is 11.0 Å². The molecule has 1 N–H and O–H groups in total. The van der Waals surface area contributed by atoms with Gasteiger partial charge in [-0.05, 0) is 33.6 Å². The molecule has 102 valence electrons. The van der Waals surface area contributed by atoms with Gasteiger partial charge in [0.1, 0.15) is 10.0 Å². The van der Waals surface area contributed by atoms with Gasteiger partial charge in [0.05, 0.1) is 6.54 Å². The summed E-state index contributed by atoms with van der Waals surface area (Å²) in [6, 6.07) is 0. The van der Waals surface area contributed by atoms with Crippen molar-refractivity contribution in [2.45, 2.75) is 77.3 Å². The van der Waals surface area contributed by atoms with Gasteiger partial charge in [-0.1, -0.05) is 37.5 Å². The number of hydrogen-bond acceptors (Lipinski definition) is 4. The van der Waals surface area contributed by atoms with Crippen LogP contribution in [0.25, 0.3) is 0 Å². The van der Waals surface area contributed by atoms with Gasteiger partial charge >= 0.3 is 0 Å². The van der Waals surface area contributed by atoms with Crippen LogP contribution in [0.5, 0.6) is 0 Å². The molecule has 3 nitrogen and oxygen atoms in total. The highest BCUT2D eigenvalue weighted by atomic mass is 32.1. The zero-order valence-corrected chi connectivity index (χ0v) is 12.9. The van der Waals surface area contributed by atoms with Crippen molar-refractivity contribution in [2.75, 3.05) is 0 Å². The van der Waals surface area contributed by atoms with Gasteiger partial charge < -0.3 is 5.32 Å². The van der Waals surface area contributed by atoms with E-state index in [4.69, 9.17) is 0 Å². The molecule has 0 aliphatic heterocycles. The molecule has 0 amide bonds. The van der Waals surface area contributed by atoms with E-state index >= 15 is 0 Å². The predicted octanol–water partition coefficient (Wildman–Crippen LogP) is 3.65. The summed E-state index contributed by atoms with van der Waals surface area (Å²) in [5, 5.41) is 14.6. The quantitative estimate of drug-likeness (QED) is 0.908. The molecular weight excluding hydrogens is 242 g/mol. The van der Waals surface area contributed by atoms with E-state index in [2.05, 4.69) is 43.2 Å². The molecule has 0 aromatic carbocycles. The summed E-state index contributed by atoms with van der Waals surface area (Å²) < 4.78 is 0. The second-order valence-electron chi connectivity index (χ2n) is 6.73. The Bertz CT molecular complexity index is 386. The molecule has 0 spiro atoms. The summed E-state index contributed by atoms with van der Waals surface area (Å²) in [4.78, 5) is 0. The van der Waals surface area contributed by atoms with Crippen molar-refractivity contribution in [3.05, 3.63) is 10.0 Å². The van der Waals surface area contributed by atoms with Crippen LogP contribution < -0.4 is 5.32 Å². The standard InChI is InChI=1S/C14H25N3S/c1-13(2,3)15-10-11-16-17-12(18-11)14(4)8-6-5-7-9-14/h15H,5-10H2,1-4H3. The number of rotatable bonds is 3. The van der Waals surface area contributed by atoms with E-state index in [-0.39, 0.29) is 11.0 Å². The van der Waals surface area contributed by atoms with E-state index < -0.39 is 0 Å². The Morgan fingerprint density at radius 2 is 1.83 bits per heavy atom. The first-order chi connectivity index (χ1) is 8.39. The van der Waals surface area contributed by atoms with E-state index in [0.717, 1.165) is 11.6 Å². The highest BCUT2D eigenvalue weighted by molar-refractivity contribution is 7.11. The SMILES string of the molecule is CC(C)(C)NCc1nnc(C2(C)CCCCC2)s1. The van der Waals surface area contributed by atoms with Gasteiger partial charge in [0.25, 0.3) is 0 Å². The van der Waals surface area contributed by atoms with Gasteiger partial charge in [-0.25, -0.2) is 0 Å². The van der Waals surface area contributed by atoms with Crippen molar-refractivity contribution in [3.8, 4) is 0 Å². The lowest BCUT2D eigenvalue weighted by molar-refractivity contribution is 0.317. The molecule has 1 aliphatic rings. The minimum atomic E-state index is 0.139. The molecule has 18 heavy (non-hydrogen) atoms. The largest absolute Gasteiger partial charge is 0.306 e. The predicted molar refractivity (Wildman–Crippen MR) is 76.9 cm³/mol. The minimum Gasteiger partial charge on any atom is -0.306 e. The van der Waals surface area contributed by atoms with E-state index in [1.807, 2.05) is 0 Å². The Kier molecular flexibility index (Phi) is 4.07. The lowest BCUT2D eigenvalue weighted by Gasteiger charge is -2.30. The fourth-order valence-electron chi connectivity index (χ4n) is 2.46. The summed E-state index contributed by atoms with van der Waals surface area (Å²) in [6.45, 7) is 9.72.